The number of aromatic nitrogens is 1. The number of anilines is 1. The van der Waals surface area contributed by atoms with Crippen molar-refractivity contribution in [3.05, 3.63) is 18.2 Å². The molecule has 2 aliphatic rings. The Labute approximate surface area is 170 Å². The Balaban J connectivity index is 1.48. The second kappa shape index (κ2) is 9.20. The van der Waals surface area contributed by atoms with Gasteiger partial charge in [0, 0.05) is 32.1 Å². The van der Waals surface area contributed by atoms with Crippen molar-refractivity contribution < 1.29 is 14.3 Å². The lowest BCUT2D eigenvalue weighted by Gasteiger charge is -2.31. The van der Waals surface area contributed by atoms with Crippen molar-refractivity contribution in [2.24, 2.45) is 5.92 Å². The molecule has 0 radical (unpaired) electrons. The molecule has 0 N–H and O–H groups in total. The Kier molecular flexibility index (Phi) is 6.44. The summed E-state index contributed by atoms with van der Waals surface area (Å²) in [6.07, 6.45) is 4.14. The van der Waals surface area contributed by atoms with Crippen molar-refractivity contribution in [3.8, 4) is 5.75 Å². The molecular weight excluding hydrogens is 374 g/mol. The van der Waals surface area contributed by atoms with Crippen molar-refractivity contribution in [1.82, 2.24) is 9.88 Å². The number of fused-ring (bicyclic) bond motifs is 1. The molecule has 28 heavy (non-hydrogen) atoms. The molecule has 0 unspecified atom stereocenters. The third-order valence-electron chi connectivity index (χ3n) is 5.57. The highest BCUT2D eigenvalue weighted by Gasteiger charge is 2.31. The quantitative estimate of drug-likeness (QED) is 0.675. The van der Waals surface area contributed by atoms with Gasteiger partial charge in [0.1, 0.15) is 5.75 Å². The van der Waals surface area contributed by atoms with E-state index in [1.165, 1.54) is 0 Å². The van der Waals surface area contributed by atoms with Gasteiger partial charge < -0.3 is 9.47 Å². The van der Waals surface area contributed by atoms with Gasteiger partial charge in [-0.3, -0.25) is 14.6 Å². The van der Waals surface area contributed by atoms with Crippen LogP contribution in [0.25, 0.3) is 10.2 Å². The molecule has 2 heterocycles. The molecule has 1 aromatic carbocycles. The molecule has 152 valence electrons. The number of benzene rings is 1. The monoisotopic (exact) mass is 403 g/mol. The number of amides is 1. The second-order valence-electron chi connectivity index (χ2n) is 7.48. The molecule has 0 atom stereocenters. The molecule has 1 saturated carbocycles. The van der Waals surface area contributed by atoms with Crippen LogP contribution in [0, 0.1) is 5.92 Å². The fraction of sp³-hybridized carbons (Fsp3) is 0.619. The first-order valence-corrected chi connectivity index (χ1v) is 11.2. The van der Waals surface area contributed by atoms with Gasteiger partial charge in [0.05, 0.1) is 30.0 Å². The lowest BCUT2D eigenvalue weighted by molar-refractivity contribution is -0.124. The van der Waals surface area contributed by atoms with E-state index < -0.39 is 0 Å². The molecule has 1 saturated heterocycles. The van der Waals surface area contributed by atoms with E-state index in [-0.39, 0.29) is 11.8 Å². The van der Waals surface area contributed by atoms with E-state index in [9.17, 15) is 4.79 Å². The first kappa shape index (κ1) is 19.6. The van der Waals surface area contributed by atoms with E-state index in [2.05, 4.69) is 4.90 Å². The van der Waals surface area contributed by atoms with Crippen LogP contribution < -0.4 is 9.64 Å². The van der Waals surface area contributed by atoms with Crippen LogP contribution in [0.5, 0.6) is 5.75 Å². The van der Waals surface area contributed by atoms with E-state index >= 15 is 0 Å². The van der Waals surface area contributed by atoms with Gasteiger partial charge in [-0.1, -0.05) is 17.8 Å². The van der Waals surface area contributed by atoms with Gasteiger partial charge in [-0.2, -0.15) is 0 Å². The number of ether oxygens (including phenoxy) is 2. The summed E-state index contributed by atoms with van der Waals surface area (Å²) >= 11 is 1.59. The Bertz CT molecular complexity index is 799. The maximum Gasteiger partial charge on any atom is 0.231 e. The van der Waals surface area contributed by atoms with Crippen LogP contribution in [0.4, 0.5) is 5.13 Å². The lowest BCUT2D eigenvalue weighted by Crippen LogP contribution is -2.42. The highest BCUT2D eigenvalue weighted by atomic mass is 32.1. The molecule has 0 spiro atoms. The minimum Gasteiger partial charge on any atom is -0.494 e. The molecule has 1 aliphatic heterocycles. The van der Waals surface area contributed by atoms with Crippen molar-refractivity contribution in [2.75, 3.05) is 50.9 Å². The fourth-order valence-corrected chi connectivity index (χ4v) is 4.74. The zero-order valence-electron chi connectivity index (χ0n) is 16.6. The SMILES string of the molecule is CCOc1ccc2nc(N(CCCN3CCOCC3)C(=O)C3CCC3)sc2c1. The third kappa shape index (κ3) is 4.47. The van der Waals surface area contributed by atoms with Crippen LogP contribution in [0.15, 0.2) is 18.2 Å². The van der Waals surface area contributed by atoms with Crippen LogP contribution in [-0.2, 0) is 9.53 Å². The third-order valence-corrected chi connectivity index (χ3v) is 6.61. The van der Waals surface area contributed by atoms with Crippen molar-refractivity contribution in [2.45, 2.75) is 32.6 Å². The molecule has 2 fully saturated rings. The maximum atomic E-state index is 13.1. The maximum absolute atomic E-state index is 13.1. The summed E-state index contributed by atoms with van der Waals surface area (Å²) in [5.74, 6) is 1.28. The standard InChI is InChI=1S/C21H29N3O3S/c1-2-27-17-7-8-18-19(15-17)28-21(22-18)24(20(25)16-5-3-6-16)10-4-9-23-11-13-26-14-12-23/h7-8,15-16H,2-6,9-14H2,1H3. The van der Waals surface area contributed by atoms with Crippen LogP contribution in [-0.4, -0.2) is 61.8 Å². The Morgan fingerprint density at radius 1 is 1.36 bits per heavy atom. The molecule has 1 aliphatic carbocycles. The van der Waals surface area contributed by atoms with Gasteiger partial charge in [0.2, 0.25) is 5.91 Å². The first-order chi connectivity index (χ1) is 13.7. The number of hydrogen-bond acceptors (Lipinski definition) is 6. The summed E-state index contributed by atoms with van der Waals surface area (Å²) in [4.78, 5) is 22.2. The van der Waals surface area contributed by atoms with Gasteiger partial charge in [-0.05, 0) is 44.4 Å². The summed E-state index contributed by atoms with van der Waals surface area (Å²) in [6, 6.07) is 5.96. The minimum absolute atomic E-state index is 0.175. The molecule has 4 rings (SSSR count). The number of morpholine rings is 1. The van der Waals surface area contributed by atoms with Crippen LogP contribution >= 0.6 is 11.3 Å². The van der Waals surface area contributed by atoms with Gasteiger partial charge in [0.15, 0.2) is 5.13 Å². The highest BCUT2D eigenvalue weighted by molar-refractivity contribution is 7.22. The predicted octanol–water partition coefficient (Wildman–Crippen LogP) is 3.55. The smallest absolute Gasteiger partial charge is 0.231 e. The van der Waals surface area contributed by atoms with Crippen LogP contribution in [0.1, 0.15) is 32.6 Å². The molecule has 1 aromatic heterocycles. The van der Waals surface area contributed by atoms with Gasteiger partial charge >= 0.3 is 0 Å². The van der Waals surface area contributed by atoms with E-state index in [1.54, 1.807) is 11.3 Å². The summed E-state index contributed by atoms with van der Waals surface area (Å²) in [5, 5.41) is 0.822. The van der Waals surface area contributed by atoms with E-state index in [4.69, 9.17) is 14.5 Å². The Morgan fingerprint density at radius 3 is 2.89 bits per heavy atom. The Morgan fingerprint density at radius 2 is 2.18 bits per heavy atom. The summed E-state index contributed by atoms with van der Waals surface area (Å²) in [5.41, 5.74) is 0.933. The summed E-state index contributed by atoms with van der Waals surface area (Å²) in [7, 11) is 0. The lowest BCUT2D eigenvalue weighted by atomic mass is 9.84. The number of thiazole rings is 1. The minimum atomic E-state index is 0.175. The van der Waals surface area contributed by atoms with E-state index in [0.29, 0.717) is 6.61 Å². The van der Waals surface area contributed by atoms with Crippen molar-refractivity contribution in [1.29, 1.82) is 0 Å². The highest BCUT2D eigenvalue weighted by Crippen LogP contribution is 2.35. The van der Waals surface area contributed by atoms with Gasteiger partial charge in [-0.25, -0.2) is 4.98 Å². The second-order valence-corrected chi connectivity index (χ2v) is 8.49. The average molecular weight is 404 g/mol. The summed E-state index contributed by atoms with van der Waals surface area (Å²) in [6.45, 7) is 7.94. The molecule has 0 bridgehead atoms. The van der Waals surface area contributed by atoms with Crippen LogP contribution in [0.2, 0.25) is 0 Å². The molecule has 6 nitrogen and oxygen atoms in total. The number of rotatable bonds is 8. The van der Waals surface area contributed by atoms with E-state index in [1.807, 2.05) is 30.0 Å². The number of carbonyl (C=O) groups is 1. The number of hydrogen-bond donors (Lipinski definition) is 0. The van der Waals surface area contributed by atoms with Crippen molar-refractivity contribution >= 4 is 32.6 Å². The first-order valence-electron chi connectivity index (χ1n) is 10.4. The number of nitrogens with zero attached hydrogens (tertiary/aromatic N) is 3. The topological polar surface area (TPSA) is 54.9 Å². The number of carbonyl (C=O) groups excluding carboxylic acids is 1. The predicted molar refractivity (Wildman–Crippen MR) is 112 cm³/mol. The fourth-order valence-electron chi connectivity index (χ4n) is 3.72. The van der Waals surface area contributed by atoms with E-state index in [0.717, 1.165) is 86.2 Å². The van der Waals surface area contributed by atoms with Gasteiger partial charge in [-0.15, -0.1) is 0 Å². The average Bonchev–Trinajstić information content (AvgIpc) is 3.07. The van der Waals surface area contributed by atoms with Crippen LogP contribution in [0.3, 0.4) is 0 Å². The zero-order chi connectivity index (χ0) is 19.3. The summed E-state index contributed by atoms with van der Waals surface area (Å²) < 4.78 is 12.1. The largest absolute Gasteiger partial charge is 0.494 e. The molecule has 2 aromatic rings. The molecular formula is C21H29N3O3S. The van der Waals surface area contributed by atoms with Crippen molar-refractivity contribution in [3.63, 3.8) is 0 Å². The van der Waals surface area contributed by atoms with Gasteiger partial charge in [0.25, 0.3) is 0 Å². The molecule has 7 heteroatoms. The Hall–Kier alpha value is -1.70. The normalized spacial score (nSPS) is 18.2. The molecule has 1 amide bonds. The zero-order valence-corrected chi connectivity index (χ0v) is 17.4.